The fourth-order valence-electron chi connectivity index (χ4n) is 3.08. The van der Waals surface area contributed by atoms with Crippen LogP contribution >= 0.6 is 0 Å². The average Bonchev–Trinajstić information content (AvgIpc) is 3.24. The number of ether oxygens (including phenoxy) is 2. The van der Waals surface area contributed by atoms with Gasteiger partial charge in [-0.05, 0) is 18.2 Å². The highest BCUT2D eigenvalue weighted by Gasteiger charge is 2.45. The van der Waals surface area contributed by atoms with Gasteiger partial charge in [0.1, 0.15) is 5.69 Å². The number of hydrogen-bond acceptors (Lipinski definition) is 7. The molecule has 4 rings (SSSR count). The van der Waals surface area contributed by atoms with Gasteiger partial charge in [0, 0.05) is 13.2 Å². The van der Waals surface area contributed by atoms with Gasteiger partial charge in [0.05, 0.1) is 21.8 Å². The molecule has 3 aromatic rings. The zero-order chi connectivity index (χ0) is 23.5. The Morgan fingerprint density at radius 1 is 1.12 bits per heavy atom. The van der Waals surface area contributed by atoms with E-state index in [1.54, 1.807) is 0 Å². The SMILES string of the molecule is CCS(=O)(=O)c1cc(C(F)(F)F)cnc1-c1nnc(-c2cccc3c2OC(F)(F)O3)n1C. The third kappa shape index (κ3) is 3.63. The minimum absolute atomic E-state index is 0.0281. The lowest BCUT2D eigenvalue weighted by molar-refractivity contribution is -0.286. The number of sulfone groups is 1. The number of pyridine rings is 1. The Kier molecular flexibility index (Phi) is 4.87. The summed E-state index contributed by atoms with van der Waals surface area (Å²) in [4.78, 5) is 3.02. The first kappa shape index (κ1) is 21.9. The molecule has 0 aliphatic carbocycles. The summed E-state index contributed by atoms with van der Waals surface area (Å²) in [7, 11) is -2.77. The third-order valence-corrected chi connectivity index (χ3v) is 6.39. The second kappa shape index (κ2) is 7.12. The second-order valence-corrected chi connectivity index (χ2v) is 8.93. The number of fused-ring (bicyclic) bond motifs is 1. The van der Waals surface area contributed by atoms with E-state index in [-0.39, 0.29) is 34.4 Å². The number of nitrogens with zero attached hydrogens (tertiary/aromatic N) is 4. The number of halogens is 5. The normalized spacial score (nSPS) is 15.2. The monoisotopic (exact) mass is 476 g/mol. The first-order valence-electron chi connectivity index (χ1n) is 8.93. The van der Waals surface area contributed by atoms with Crippen LogP contribution in [0.5, 0.6) is 11.5 Å². The van der Waals surface area contributed by atoms with Gasteiger partial charge in [0.15, 0.2) is 33.0 Å². The summed E-state index contributed by atoms with van der Waals surface area (Å²) in [6.07, 6.45) is -8.23. The van der Waals surface area contributed by atoms with E-state index in [2.05, 4.69) is 24.7 Å². The molecule has 0 unspecified atom stereocenters. The number of alkyl halides is 5. The fourth-order valence-corrected chi connectivity index (χ4v) is 4.13. The molecule has 0 spiro atoms. The molecule has 0 N–H and O–H groups in total. The van der Waals surface area contributed by atoms with E-state index >= 15 is 0 Å². The number of para-hydroxylation sites is 1. The van der Waals surface area contributed by atoms with Crippen LogP contribution in [0.2, 0.25) is 0 Å². The van der Waals surface area contributed by atoms with Crippen molar-refractivity contribution < 1.29 is 39.8 Å². The van der Waals surface area contributed by atoms with Crippen LogP contribution < -0.4 is 9.47 Å². The molecule has 14 heteroatoms. The Labute approximate surface area is 177 Å². The molecule has 0 amide bonds. The van der Waals surface area contributed by atoms with Gasteiger partial charge in [0.25, 0.3) is 0 Å². The Balaban J connectivity index is 1.88. The van der Waals surface area contributed by atoms with E-state index < -0.39 is 38.5 Å². The van der Waals surface area contributed by atoms with Crippen molar-refractivity contribution >= 4 is 9.84 Å². The maximum Gasteiger partial charge on any atom is 0.586 e. The van der Waals surface area contributed by atoms with E-state index in [0.29, 0.717) is 12.3 Å². The molecule has 170 valence electrons. The number of aromatic nitrogens is 4. The average molecular weight is 476 g/mol. The molecule has 1 aliphatic rings. The van der Waals surface area contributed by atoms with Crippen LogP contribution in [0.3, 0.4) is 0 Å². The van der Waals surface area contributed by atoms with Crippen molar-refractivity contribution in [3.05, 3.63) is 36.0 Å². The van der Waals surface area contributed by atoms with Crippen LogP contribution in [0, 0.1) is 0 Å². The topological polar surface area (TPSA) is 96.2 Å². The molecule has 0 saturated carbocycles. The maximum absolute atomic E-state index is 13.5. The fraction of sp³-hybridized carbons (Fsp3) is 0.278. The van der Waals surface area contributed by atoms with Gasteiger partial charge in [-0.15, -0.1) is 19.0 Å². The standard InChI is InChI=1S/C18H13F5N4O4S/c1-3-32(28,29)12-7-9(17(19,20)21)8-24-13(12)16-26-25-15(27(16)2)10-5-4-6-11-14(10)31-18(22,23)30-11/h4-8H,3H2,1-2H3. The molecule has 0 atom stereocenters. The molecular weight excluding hydrogens is 463 g/mol. The van der Waals surface area contributed by atoms with Gasteiger partial charge in [-0.1, -0.05) is 13.0 Å². The summed E-state index contributed by atoms with van der Waals surface area (Å²) < 4.78 is 102. The molecule has 8 nitrogen and oxygen atoms in total. The summed E-state index contributed by atoms with van der Waals surface area (Å²) in [5, 5.41) is 7.73. The van der Waals surface area contributed by atoms with Gasteiger partial charge in [-0.25, -0.2) is 8.42 Å². The van der Waals surface area contributed by atoms with Crippen LogP contribution in [-0.2, 0) is 23.1 Å². The molecule has 3 heterocycles. The molecule has 1 aliphatic heterocycles. The van der Waals surface area contributed by atoms with Crippen molar-refractivity contribution in [2.24, 2.45) is 7.05 Å². The van der Waals surface area contributed by atoms with Gasteiger partial charge in [-0.3, -0.25) is 4.98 Å². The van der Waals surface area contributed by atoms with E-state index in [0.717, 1.165) is 0 Å². The lowest BCUT2D eigenvalue weighted by Crippen LogP contribution is -2.26. The minimum atomic E-state index is -4.82. The van der Waals surface area contributed by atoms with E-state index in [4.69, 9.17) is 0 Å². The summed E-state index contributed by atoms with van der Waals surface area (Å²) in [6, 6.07) is 4.52. The molecule has 1 aromatic carbocycles. The second-order valence-electron chi connectivity index (χ2n) is 6.68. The van der Waals surface area contributed by atoms with Crippen LogP contribution in [-0.4, -0.2) is 40.2 Å². The van der Waals surface area contributed by atoms with Crippen molar-refractivity contribution in [2.75, 3.05) is 5.75 Å². The zero-order valence-corrected chi connectivity index (χ0v) is 17.1. The highest BCUT2D eigenvalue weighted by molar-refractivity contribution is 7.91. The van der Waals surface area contributed by atoms with Crippen molar-refractivity contribution in [1.82, 2.24) is 19.7 Å². The first-order chi connectivity index (χ1) is 14.8. The third-order valence-electron chi connectivity index (χ3n) is 4.65. The highest BCUT2D eigenvalue weighted by atomic mass is 32.2. The summed E-state index contributed by atoms with van der Waals surface area (Å²) in [5.41, 5.74) is -1.56. The number of benzene rings is 1. The van der Waals surface area contributed by atoms with E-state index in [9.17, 15) is 30.4 Å². The lowest BCUT2D eigenvalue weighted by atomic mass is 10.1. The van der Waals surface area contributed by atoms with Crippen molar-refractivity contribution in [3.63, 3.8) is 0 Å². The van der Waals surface area contributed by atoms with E-state index in [1.807, 2.05) is 0 Å². The zero-order valence-electron chi connectivity index (χ0n) is 16.3. The van der Waals surface area contributed by atoms with Crippen LogP contribution in [0.1, 0.15) is 12.5 Å². The quantitative estimate of drug-likeness (QED) is 0.530. The van der Waals surface area contributed by atoms with Crippen LogP contribution in [0.4, 0.5) is 22.0 Å². The first-order valence-corrected chi connectivity index (χ1v) is 10.6. The molecule has 0 radical (unpaired) electrons. The van der Waals surface area contributed by atoms with Crippen molar-refractivity contribution in [2.45, 2.75) is 24.3 Å². The predicted molar refractivity (Wildman–Crippen MR) is 98.6 cm³/mol. The molecule has 2 aromatic heterocycles. The molecule has 0 bridgehead atoms. The molecule has 0 fully saturated rings. The maximum atomic E-state index is 13.5. The van der Waals surface area contributed by atoms with Gasteiger partial charge >= 0.3 is 12.5 Å². The van der Waals surface area contributed by atoms with Crippen LogP contribution in [0.15, 0.2) is 35.4 Å². The Hall–Kier alpha value is -3.29. The van der Waals surface area contributed by atoms with E-state index in [1.165, 1.54) is 36.7 Å². The number of hydrogen-bond donors (Lipinski definition) is 0. The van der Waals surface area contributed by atoms with Crippen molar-refractivity contribution in [1.29, 1.82) is 0 Å². The predicted octanol–water partition coefficient (Wildman–Crippen LogP) is 3.68. The summed E-state index contributed by atoms with van der Waals surface area (Å²) >= 11 is 0. The van der Waals surface area contributed by atoms with Crippen molar-refractivity contribution in [3.8, 4) is 34.4 Å². The highest BCUT2D eigenvalue weighted by Crippen LogP contribution is 2.47. The number of rotatable bonds is 4. The molecule has 0 saturated heterocycles. The molecule has 32 heavy (non-hydrogen) atoms. The largest absolute Gasteiger partial charge is 0.586 e. The molecular formula is C18H13F5N4O4S. The Morgan fingerprint density at radius 3 is 2.47 bits per heavy atom. The van der Waals surface area contributed by atoms with Crippen LogP contribution in [0.25, 0.3) is 22.9 Å². The lowest BCUT2D eigenvalue weighted by Gasteiger charge is -2.12. The minimum Gasteiger partial charge on any atom is -0.395 e. The van der Waals surface area contributed by atoms with Gasteiger partial charge < -0.3 is 14.0 Å². The Bertz CT molecular complexity index is 1320. The smallest absolute Gasteiger partial charge is 0.395 e. The summed E-state index contributed by atoms with van der Waals surface area (Å²) in [6.45, 7) is 1.27. The summed E-state index contributed by atoms with van der Waals surface area (Å²) in [5.74, 6) is -1.27. The van der Waals surface area contributed by atoms with Gasteiger partial charge in [0.2, 0.25) is 0 Å². The Morgan fingerprint density at radius 2 is 1.81 bits per heavy atom. The van der Waals surface area contributed by atoms with Gasteiger partial charge in [-0.2, -0.15) is 13.2 Å².